The monoisotopic (exact) mass is 303 g/mol. The molecule has 0 saturated carbocycles. The van der Waals surface area contributed by atoms with Crippen LogP contribution in [0.2, 0.25) is 0 Å². The van der Waals surface area contributed by atoms with Gasteiger partial charge in [0.1, 0.15) is 5.75 Å². The Balaban J connectivity index is 2.17. The highest BCUT2D eigenvalue weighted by Gasteiger charge is 2.15. The minimum atomic E-state index is 0.864. The lowest BCUT2D eigenvalue weighted by atomic mass is 10.1. The molecule has 0 saturated heterocycles. The first-order valence-corrected chi connectivity index (χ1v) is 7.76. The molecule has 0 aliphatic heterocycles. The third-order valence-electron chi connectivity index (χ3n) is 4.04. The zero-order chi connectivity index (χ0) is 16.2. The normalized spacial score (nSPS) is 10.4. The largest absolute Gasteiger partial charge is 0.497 e. The summed E-state index contributed by atoms with van der Waals surface area (Å²) in [6, 6.07) is 25.1. The number of methoxy groups -OCH3 is 1. The number of hydrogen-bond acceptors (Lipinski definition) is 2. The predicted octanol–water partition coefficient (Wildman–Crippen LogP) is 5.78. The Bertz CT molecular complexity index is 747. The van der Waals surface area contributed by atoms with Gasteiger partial charge < -0.3 is 9.64 Å². The van der Waals surface area contributed by atoms with Crippen LogP contribution in [0, 0.1) is 13.8 Å². The molecule has 0 radical (unpaired) electrons. The summed E-state index contributed by atoms with van der Waals surface area (Å²) in [4.78, 5) is 2.30. The predicted molar refractivity (Wildman–Crippen MR) is 97.2 cm³/mol. The van der Waals surface area contributed by atoms with Crippen molar-refractivity contribution in [2.24, 2.45) is 0 Å². The summed E-state index contributed by atoms with van der Waals surface area (Å²) in [5.74, 6) is 0.864. The van der Waals surface area contributed by atoms with Crippen molar-refractivity contribution in [1.82, 2.24) is 0 Å². The fourth-order valence-corrected chi connectivity index (χ4v) is 2.77. The van der Waals surface area contributed by atoms with E-state index < -0.39 is 0 Å². The minimum Gasteiger partial charge on any atom is -0.497 e. The van der Waals surface area contributed by atoms with Gasteiger partial charge in [0, 0.05) is 17.1 Å². The van der Waals surface area contributed by atoms with Crippen LogP contribution in [-0.2, 0) is 0 Å². The number of benzene rings is 3. The number of nitrogens with zero attached hydrogens (tertiary/aromatic N) is 1. The second-order valence-corrected chi connectivity index (χ2v) is 5.61. The van der Waals surface area contributed by atoms with Gasteiger partial charge in [-0.15, -0.1) is 0 Å². The van der Waals surface area contributed by atoms with E-state index in [1.807, 2.05) is 12.1 Å². The van der Waals surface area contributed by atoms with Gasteiger partial charge in [0.15, 0.2) is 0 Å². The zero-order valence-electron chi connectivity index (χ0n) is 13.8. The maximum atomic E-state index is 5.29. The Morgan fingerprint density at radius 1 is 0.652 bits per heavy atom. The maximum Gasteiger partial charge on any atom is 0.119 e. The van der Waals surface area contributed by atoms with Crippen LogP contribution in [0.5, 0.6) is 5.75 Å². The van der Waals surface area contributed by atoms with Crippen molar-refractivity contribution in [3.05, 3.63) is 83.9 Å². The Kier molecular flexibility index (Phi) is 4.33. The van der Waals surface area contributed by atoms with Crippen LogP contribution in [0.25, 0.3) is 0 Å². The molecule has 116 valence electrons. The highest BCUT2D eigenvalue weighted by atomic mass is 16.5. The molecular formula is C21H21NO. The molecule has 0 aromatic heterocycles. The number of anilines is 3. The van der Waals surface area contributed by atoms with Gasteiger partial charge in [-0.25, -0.2) is 0 Å². The molecule has 0 spiro atoms. The van der Waals surface area contributed by atoms with Crippen LogP contribution in [0.1, 0.15) is 11.1 Å². The Labute approximate surface area is 138 Å². The van der Waals surface area contributed by atoms with Crippen LogP contribution in [-0.4, -0.2) is 7.11 Å². The Morgan fingerprint density at radius 3 is 1.57 bits per heavy atom. The van der Waals surface area contributed by atoms with Crippen LogP contribution in [0.15, 0.2) is 72.8 Å². The SMILES string of the molecule is COc1ccc(N(c2ccccc2C)c2ccccc2C)cc1. The first-order chi connectivity index (χ1) is 11.2. The molecule has 3 rings (SSSR count). The first kappa shape index (κ1) is 15.2. The summed E-state index contributed by atoms with van der Waals surface area (Å²) >= 11 is 0. The van der Waals surface area contributed by atoms with E-state index in [2.05, 4.69) is 79.4 Å². The summed E-state index contributed by atoms with van der Waals surface area (Å²) in [6.45, 7) is 4.29. The van der Waals surface area contributed by atoms with Crippen LogP contribution in [0.4, 0.5) is 17.1 Å². The van der Waals surface area contributed by atoms with Crippen molar-refractivity contribution < 1.29 is 4.74 Å². The molecule has 2 heteroatoms. The molecule has 3 aromatic rings. The van der Waals surface area contributed by atoms with Gasteiger partial charge in [-0.2, -0.15) is 0 Å². The number of hydrogen-bond donors (Lipinski definition) is 0. The second kappa shape index (κ2) is 6.57. The third-order valence-corrected chi connectivity index (χ3v) is 4.04. The summed E-state index contributed by atoms with van der Waals surface area (Å²) < 4.78 is 5.29. The summed E-state index contributed by atoms with van der Waals surface area (Å²) in [5.41, 5.74) is 5.98. The average Bonchev–Trinajstić information content (AvgIpc) is 2.59. The molecule has 0 unspecified atom stereocenters. The van der Waals surface area contributed by atoms with E-state index in [9.17, 15) is 0 Å². The van der Waals surface area contributed by atoms with E-state index in [0.717, 1.165) is 11.4 Å². The van der Waals surface area contributed by atoms with Gasteiger partial charge in [0.05, 0.1) is 7.11 Å². The molecule has 0 heterocycles. The fourth-order valence-electron chi connectivity index (χ4n) is 2.77. The van der Waals surface area contributed by atoms with E-state index in [1.165, 1.54) is 22.5 Å². The lowest BCUT2D eigenvalue weighted by molar-refractivity contribution is 0.415. The molecule has 2 nitrogen and oxygen atoms in total. The molecule has 0 N–H and O–H groups in total. The first-order valence-electron chi connectivity index (χ1n) is 7.76. The highest BCUT2D eigenvalue weighted by molar-refractivity contribution is 5.80. The number of aryl methyl sites for hydroxylation is 2. The summed E-state index contributed by atoms with van der Waals surface area (Å²) in [7, 11) is 1.69. The summed E-state index contributed by atoms with van der Waals surface area (Å²) in [5, 5.41) is 0. The molecule has 0 bridgehead atoms. The van der Waals surface area contributed by atoms with Gasteiger partial charge in [0.25, 0.3) is 0 Å². The van der Waals surface area contributed by atoms with E-state index in [-0.39, 0.29) is 0 Å². The molecule has 0 aliphatic carbocycles. The minimum absolute atomic E-state index is 0.864. The van der Waals surface area contributed by atoms with Gasteiger partial charge >= 0.3 is 0 Å². The molecule has 23 heavy (non-hydrogen) atoms. The molecule has 0 amide bonds. The standard InChI is InChI=1S/C21H21NO/c1-16-8-4-6-10-20(16)22(21-11-7-5-9-17(21)2)18-12-14-19(23-3)15-13-18/h4-15H,1-3H3. The van der Waals surface area contributed by atoms with Crippen molar-refractivity contribution >= 4 is 17.1 Å². The Hall–Kier alpha value is -2.74. The lowest BCUT2D eigenvalue weighted by Gasteiger charge is -2.28. The van der Waals surface area contributed by atoms with Gasteiger partial charge in [-0.05, 0) is 61.4 Å². The zero-order valence-corrected chi connectivity index (χ0v) is 13.8. The topological polar surface area (TPSA) is 12.5 Å². The molecule has 0 fully saturated rings. The van der Waals surface area contributed by atoms with Crippen molar-refractivity contribution in [3.8, 4) is 5.75 Å². The molecular weight excluding hydrogens is 282 g/mol. The lowest BCUT2D eigenvalue weighted by Crippen LogP contribution is -2.12. The van der Waals surface area contributed by atoms with Gasteiger partial charge in [-0.1, -0.05) is 36.4 Å². The molecule has 3 aromatic carbocycles. The van der Waals surface area contributed by atoms with E-state index >= 15 is 0 Å². The van der Waals surface area contributed by atoms with E-state index in [4.69, 9.17) is 4.74 Å². The number of para-hydroxylation sites is 2. The highest BCUT2D eigenvalue weighted by Crippen LogP contribution is 2.38. The van der Waals surface area contributed by atoms with Crippen LogP contribution >= 0.6 is 0 Å². The smallest absolute Gasteiger partial charge is 0.119 e. The third kappa shape index (κ3) is 3.07. The van der Waals surface area contributed by atoms with Crippen LogP contribution < -0.4 is 9.64 Å². The number of ether oxygens (including phenoxy) is 1. The quantitative estimate of drug-likeness (QED) is 0.605. The van der Waals surface area contributed by atoms with Crippen molar-refractivity contribution in [1.29, 1.82) is 0 Å². The van der Waals surface area contributed by atoms with E-state index in [1.54, 1.807) is 7.11 Å². The van der Waals surface area contributed by atoms with Gasteiger partial charge in [0.2, 0.25) is 0 Å². The summed E-state index contributed by atoms with van der Waals surface area (Å²) in [6.07, 6.45) is 0. The van der Waals surface area contributed by atoms with Crippen LogP contribution in [0.3, 0.4) is 0 Å². The van der Waals surface area contributed by atoms with Crippen molar-refractivity contribution in [3.63, 3.8) is 0 Å². The van der Waals surface area contributed by atoms with Crippen molar-refractivity contribution in [2.75, 3.05) is 12.0 Å². The van der Waals surface area contributed by atoms with E-state index in [0.29, 0.717) is 0 Å². The number of rotatable bonds is 4. The average molecular weight is 303 g/mol. The van der Waals surface area contributed by atoms with Gasteiger partial charge in [-0.3, -0.25) is 0 Å². The Morgan fingerprint density at radius 2 is 1.13 bits per heavy atom. The second-order valence-electron chi connectivity index (χ2n) is 5.61. The fraction of sp³-hybridized carbons (Fsp3) is 0.143. The van der Waals surface area contributed by atoms with Crippen molar-refractivity contribution in [2.45, 2.75) is 13.8 Å². The molecule has 0 atom stereocenters. The maximum absolute atomic E-state index is 5.29. The molecule has 0 aliphatic rings.